The molecule has 27 heavy (non-hydrogen) atoms. The van der Waals surface area contributed by atoms with E-state index in [1.807, 2.05) is 6.92 Å². The molecule has 0 saturated heterocycles. The van der Waals surface area contributed by atoms with E-state index in [1.165, 1.54) is 6.92 Å². The van der Waals surface area contributed by atoms with E-state index in [4.69, 9.17) is 25.2 Å². The van der Waals surface area contributed by atoms with Crippen LogP contribution in [0.3, 0.4) is 0 Å². The number of benzene rings is 1. The molecule has 1 aromatic carbocycles. The van der Waals surface area contributed by atoms with Crippen molar-refractivity contribution < 1.29 is 34.8 Å². The lowest BCUT2D eigenvalue weighted by Gasteiger charge is -2.24. The Labute approximate surface area is 159 Å². The molecular formula is C19H29NO7. The molecule has 0 aromatic heterocycles. The van der Waals surface area contributed by atoms with Gasteiger partial charge in [0.25, 0.3) is 0 Å². The number of nitrogens with one attached hydrogen (secondary N) is 1. The molecule has 1 amide bonds. The van der Waals surface area contributed by atoms with Crippen molar-refractivity contribution in [2.75, 3.05) is 31.7 Å². The van der Waals surface area contributed by atoms with Gasteiger partial charge >= 0.3 is 5.97 Å². The van der Waals surface area contributed by atoms with Gasteiger partial charge in [0.15, 0.2) is 0 Å². The maximum atomic E-state index is 10.8. The minimum Gasteiger partial charge on any atom is -0.493 e. The Hall–Kier alpha value is -2.42. The molecule has 0 saturated carbocycles. The first-order chi connectivity index (χ1) is 12.7. The van der Waals surface area contributed by atoms with Crippen LogP contribution in [0.1, 0.15) is 26.7 Å². The van der Waals surface area contributed by atoms with E-state index < -0.39 is 11.4 Å². The second-order valence-electron chi connectivity index (χ2n) is 6.04. The molecule has 8 nitrogen and oxygen atoms in total. The third kappa shape index (κ3) is 9.74. The number of carboxylic acid groups (broad SMARTS) is 1. The molecule has 0 fully saturated rings. The van der Waals surface area contributed by atoms with Crippen LogP contribution in [0.2, 0.25) is 0 Å². The van der Waals surface area contributed by atoms with Gasteiger partial charge in [0, 0.05) is 30.0 Å². The summed E-state index contributed by atoms with van der Waals surface area (Å²) in [5.74, 6) is -0.539. The van der Waals surface area contributed by atoms with Crippen molar-refractivity contribution in [3.05, 3.63) is 36.4 Å². The molecule has 0 aliphatic carbocycles. The van der Waals surface area contributed by atoms with Gasteiger partial charge in [-0.05, 0) is 30.7 Å². The van der Waals surface area contributed by atoms with Crippen molar-refractivity contribution in [2.24, 2.45) is 5.41 Å². The molecular weight excluding hydrogens is 354 g/mol. The molecule has 0 bridgehead atoms. The lowest BCUT2D eigenvalue weighted by molar-refractivity contribution is -0.132. The predicted octanol–water partition coefficient (Wildman–Crippen LogP) is 1.41. The van der Waals surface area contributed by atoms with E-state index in [9.17, 15) is 9.59 Å². The van der Waals surface area contributed by atoms with E-state index >= 15 is 0 Å². The predicted molar refractivity (Wildman–Crippen MR) is 102 cm³/mol. The molecule has 0 aliphatic rings. The van der Waals surface area contributed by atoms with Crippen LogP contribution in [0.4, 0.5) is 5.69 Å². The van der Waals surface area contributed by atoms with Gasteiger partial charge in [-0.1, -0.05) is 13.5 Å². The summed E-state index contributed by atoms with van der Waals surface area (Å²) in [4.78, 5) is 21.3. The van der Waals surface area contributed by atoms with Gasteiger partial charge in [-0.3, -0.25) is 4.79 Å². The molecule has 1 rings (SSSR count). The molecule has 0 radical (unpaired) electrons. The number of amides is 1. The third-order valence-electron chi connectivity index (χ3n) is 3.91. The minimum absolute atomic E-state index is 0.116. The zero-order valence-corrected chi connectivity index (χ0v) is 15.8. The fourth-order valence-electron chi connectivity index (χ4n) is 1.72. The topological polar surface area (TPSA) is 136 Å². The minimum atomic E-state index is -1.01. The first-order valence-electron chi connectivity index (χ1n) is 8.47. The first kappa shape index (κ1) is 24.6. The number of aliphatic hydroxyl groups is 3. The number of carboxylic acids is 1. The molecule has 0 heterocycles. The van der Waals surface area contributed by atoms with Gasteiger partial charge in [-0.25, -0.2) is 4.79 Å². The molecule has 0 atom stereocenters. The van der Waals surface area contributed by atoms with Crippen LogP contribution in [0.5, 0.6) is 5.75 Å². The van der Waals surface area contributed by atoms with E-state index in [-0.39, 0.29) is 44.3 Å². The van der Waals surface area contributed by atoms with Crippen LogP contribution in [-0.4, -0.2) is 58.7 Å². The van der Waals surface area contributed by atoms with Gasteiger partial charge < -0.3 is 30.5 Å². The monoisotopic (exact) mass is 383 g/mol. The Morgan fingerprint density at radius 3 is 1.96 bits per heavy atom. The number of carbonyl (C=O) groups is 2. The average Bonchev–Trinajstić information content (AvgIpc) is 2.65. The number of hydrogen-bond donors (Lipinski definition) is 5. The fourth-order valence-corrected chi connectivity index (χ4v) is 1.72. The number of aliphatic carboxylic acids is 1. The first-order valence-corrected chi connectivity index (χ1v) is 8.47. The van der Waals surface area contributed by atoms with Gasteiger partial charge in [0.1, 0.15) is 5.75 Å². The summed E-state index contributed by atoms with van der Waals surface area (Å²) in [5.41, 5.74) is 0.134. The van der Waals surface area contributed by atoms with Gasteiger partial charge in [0.05, 0.1) is 26.4 Å². The normalized spacial score (nSPS) is 10.4. The molecule has 0 spiro atoms. The maximum Gasteiger partial charge on any atom is 0.331 e. The van der Waals surface area contributed by atoms with E-state index in [2.05, 4.69) is 11.9 Å². The molecule has 152 valence electrons. The highest BCUT2D eigenvalue weighted by Gasteiger charge is 2.24. The van der Waals surface area contributed by atoms with E-state index in [1.54, 1.807) is 24.3 Å². The van der Waals surface area contributed by atoms with Crippen LogP contribution in [0.15, 0.2) is 36.4 Å². The SMILES string of the molecule is C=C(CCOc1ccc(NC(C)=O)cc1)C(=O)O.CCC(CO)(CO)CO. The van der Waals surface area contributed by atoms with Crippen LogP contribution in [0.25, 0.3) is 0 Å². The standard InChI is InChI=1S/C13H15NO4.C6H14O3/c1-9(13(16)17)7-8-18-12-5-3-11(4-6-12)14-10(2)15;1-2-6(3-7,4-8)5-9/h3-6H,1,7-8H2,2H3,(H,14,15)(H,16,17);7-9H,2-5H2,1H3. The summed E-state index contributed by atoms with van der Waals surface area (Å²) >= 11 is 0. The number of hydrogen-bond acceptors (Lipinski definition) is 6. The van der Waals surface area contributed by atoms with Crippen LogP contribution < -0.4 is 10.1 Å². The van der Waals surface area contributed by atoms with Crippen molar-refractivity contribution in [1.82, 2.24) is 0 Å². The summed E-state index contributed by atoms with van der Waals surface area (Å²) in [6.07, 6.45) is 0.860. The van der Waals surface area contributed by atoms with Crippen LogP contribution in [-0.2, 0) is 9.59 Å². The second kappa shape index (κ2) is 12.9. The van der Waals surface area contributed by atoms with Crippen LogP contribution >= 0.6 is 0 Å². The van der Waals surface area contributed by atoms with Gasteiger partial charge in [0.2, 0.25) is 5.91 Å². The molecule has 8 heteroatoms. The number of carbonyl (C=O) groups excluding carboxylic acids is 1. The highest BCUT2D eigenvalue weighted by molar-refractivity contribution is 5.88. The second-order valence-corrected chi connectivity index (χ2v) is 6.04. The van der Waals surface area contributed by atoms with Gasteiger partial charge in [-0.15, -0.1) is 0 Å². The molecule has 0 aliphatic heterocycles. The summed E-state index contributed by atoms with van der Waals surface area (Å²) in [5, 5.41) is 37.2. The fraction of sp³-hybridized carbons (Fsp3) is 0.474. The van der Waals surface area contributed by atoms with Crippen molar-refractivity contribution >= 4 is 17.6 Å². The summed E-state index contributed by atoms with van der Waals surface area (Å²) in [7, 11) is 0. The third-order valence-corrected chi connectivity index (χ3v) is 3.91. The Bertz CT molecular complexity index is 577. The Kier molecular flexibility index (Phi) is 11.7. The summed E-state index contributed by atoms with van der Waals surface area (Å²) in [6.45, 7) is 6.45. The lowest BCUT2D eigenvalue weighted by Crippen LogP contribution is -2.32. The van der Waals surface area contributed by atoms with E-state index in [0.717, 1.165) is 0 Å². The van der Waals surface area contributed by atoms with Gasteiger partial charge in [-0.2, -0.15) is 0 Å². The largest absolute Gasteiger partial charge is 0.493 e. The van der Waals surface area contributed by atoms with Crippen molar-refractivity contribution in [3.63, 3.8) is 0 Å². The smallest absolute Gasteiger partial charge is 0.331 e. The number of anilines is 1. The number of ether oxygens (including phenoxy) is 1. The van der Waals surface area contributed by atoms with Crippen molar-refractivity contribution in [2.45, 2.75) is 26.7 Å². The molecule has 1 aromatic rings. The van der Waals surface area contributed by atoms with E-state index in [0.29, 0.717) is 17.9 Å². The average molecular weight is 383 g/mol. The highest BCUT2D eigenvalue weighted by Crippen LogP contribution is 2.18. The zero-order chi connectivity index (χ0) is 20.9. The number of aliphatic hydroxyl groups excluding tert-OH is 3. The summed E-state index contributed by atoms with van der Waals surface area (Å²) < 4.78 is 5.35. The highest BCUT2D eigenvalue weighted by atomic mass is 16.5. The Balaban J connectivity index is 0.000000636. The quantitative estimate of drug-likeness (QED) is 0.385. The number of rotatable bonds is 10. The Morgan fingerprint density at radius 1 is 1.11 bits per heavy atom. The van der Waals surface area contributed by atoms with Crippen molar-refractivity contribution in [1.29, 1.82) is 0 Å². The zero-order valence-electron chi connectivity index (χ0n) is 15.8. The Morgan fingerprint density at radius 2 is 1.63 bits per heavy atom. The maximum absolute atomic E-state index is 10.8. The molecule has 0 unspecified atom stereocenters. The molecule has 5 N–H and O–H groups in total. The summed E-state index contributed by atoms with van der Waals surface area (Å²) in [6, 6.07) is 6.83. The van der Waals surface area contributed by atoms with Crippen LogP contribution in [0, 0.1) is 5.41 Å². The lowest BCUT2D eigenvalue weighted by atomic mass is 9.88. The van der Waals surface area contributed by atoms with Crippen molar-refractivity contribution in [3.8, 4) is 5.75 Å².